The Morgan fingerprint density at radius 1 is 1.30 bits per heavy atom. The van der Waals surface area contributed by atoms with Crippen molar-refractivity contribution in [3.63, 3.8) is 0 Å². The average Bonchev–Trinajstić information content (AvgIpc) is 3.09. The molecule has 0 unspecified atom stereocenters. The van der Waals surface area contributed by atoms with Crippen LogP contribution in [0, 0.1) is 0 Å². The number of amides is 1. The fourth-order valence-electron chi connectivity index (χ4n) is 1.82. The van der Waals surface area contributed by atoms with E-state index in [1.807, 2.05) is 30.3 Å². The number of H-pyrrole nitrogens is 1. The lowest BCUT2D eigenvalue weighted by molar-refractivity contribution is 0.103. The molecule has 1 amide bonds. The first kappa shape index (κ1) is 12.9. The molecule has 0 spiro atoms. The Labute approximate surface area is 124 Å². The van der Waals surface area contributed by atoms with Crippen molar-refractivity contribution in [3.05, 3.63) is 57.9 Å². The van der Waals surface area contributed by atoms with E-state index >= 15 is 0 Å². The standard InChI is InChI=1S/C14H10ClN3OS/c15-11-5-7-20-13(11)14(19)17-10-3-1-2-9(8-10)12-4-6-16-18-12/h1-8H,(H,16,18)(H,17,19). The van der Waals surface area contributed by atoms with Gasteiger partial charge in [0.15, 0.2) is 0 Å². The number of aromatic nitrogens is 2. The van der Waals surface area contributed by atoms with Crippen LogP contribution in [-0.4, -0.2) is 16.1 Å². The number of carbonyl (C=O) groups is 1. The zero-order valence-corrected chi connectivity index (χ0v) is 11.8. The first-order valence-corrected chi connectivity index (χ1v) is 7.14. The lowest BCUT2D eigenvalue weighted by Crippen LogP contribution is -2.10. The number of aromatic amines is 1. The van der Waals surface area contributed by atoms with E-state index in [1.54, 1.807) is 17.6 Å². The summed E-state index contributed by atoms with van der Waals surface area (Å²) in [6.45, 7) is 0. The van der Waals surface area contributed by atoms with E-state index in [0.717, 1.165) is 11.3 Å². The molecule has 100 valence electrons. The smallest absolute Gasteiger partial charge is 0.267 e. The zero-order chi connectivity index (χ0) is 13.9. The van der Waals surface area contributed by atoms with E-state index in [9.17, 15) is 4.79 Å². The number of hydrogen-bond acceptors (Lipinski definition) is 3. The van der Waals surface area contributed by atoms with E-state index in [1.165, 1.54) is 11.3 Å². The molecule has 20 heavy (non-hydrogen) atoms. The maximum Gasteiger partial charge on any atom is 0.267 e. The molecule has 6 heteroatoms. The summed E-state index contributed by atoms with van der Waals surface area (Å²) in [5.41, 5.74) is 2.57. The summed E-state index contributed by atoms with van der Waals surface area (Å²) in [4.78, 5) is 12.6. The molecule has 2 aromatic heterocycles. The van der Waals surface area contributed by atoms with Crippen molar-refractivity contribution >= 4 is 34.5 Å². The molecule has 3 rings (SSSR count). The van der Waals surface area contributed by atoms with Crippen molar-refractivity contribution < 1.29 is 4.79 Å². The number of nitrogens with zero attached hydrogens (tertiary/aromatic N) is 1. The predicted octanol–water partition coefficient (Wildman–Crippen LogP) is 4.04. The Hall–Kier alpha value is -2.11. The lowest BCUT2D eigenvalue weighted by Gasteiger charge is -2.06. The molecular formula is C14H10ClN3OS. The highest BCUT2D eigenvalue weighted by Gasteiger charge is 2.12. The van der Waals surface area contributed by atoms with E-state index in [2.05, 4.69) is 15.5 Å². The summed E-state index contributed by atoms with van der Waals surface area (Å²) in [7, 11) is 0. The number of anilines is 1. The second-order valence-electron chi connectivity index (χ2n) is 4.10. The van der Waals surface area contributed by atoms with Gasteiger partial charge in [0, 0.05) is 17.4 Å². The van der Waals surface area contributed by atoms with Crippen LogP contribution in [0.25, 0.3) is 11.3 Å². The van der Waals surface area contributed by atoms with Crippen LogP contribution < -0.4 is 5.32 Å². The van der Waals surface area contributed by atoms with Gasteiger partial charge in [0.25, 0.3) is 5.91 Å². The number of hydrogen-bond donors (Lipinski definition) is 2. The average molecular weight is 304 g/mol. The highest BCUT2D eigenvalue weighted by atomic mass is 35.5. The molecule has 0 aliphatic heterocycles. The third-order valence-electron chi connectivity index (χ3n) is 2.76. The second kappa shape index (κ2) is 5.48. The molecule has 0 atom stereocenters. The molecule has 1 aromatic carbocycles. The van der Waals surface area contributed by atoms with Gasteiger partial charge in [-0.1, -0.05) is 23.7 Å². The van der Waals surface area contributed by atoms with Gasteiger partial charge in [-0.3, -0.25) is 9.89 Å². The van der Waals surface area contributed by atoms with E-state index in [-0.39, 0.29) is 5.91 Å². The topological polar surface area (TPSA) is 57.8 Å². The van der Waals surface area contributed by atoms with Crippen LogP contribution in [0.4, 0.5) is 5.69 Å². The van der Waals surface area contributed by atoms with Crippen LogP contribution in [0.1, 0.15) is 9.67 Å². The molecule has 0 fully saturated rings. The monoisotopic (exact) mass is 303 g/mol. The van der Waals surface area contributed by atoms with Crippen molar-refractivity contribution in [1.82, 2.24) is 10.2 Å². The Balaban J connectivity index is 1.83. The predicted molar refractivity (Wildman–Crippen MR) is 81.3 cm³/mol. The molecule has 3 aromatic rings. The van der Waals surface area contributed by atoms with Crippen LogP contribution in [0.15, 0.2) is 48.0 Å². The van der Waals surface area contributed by atoms with Gasteiger partial charge in [-0.05, 0) is 29.6 Å². The second-order valence-corrected chi connectivity index (χ2v) is 5.43. The van der Waals surface area contributed by atoms with E-state index < -0.39 is 0 Å². The SMILES string of the molecule is O=C(Nc1cccc(-c2ccn[nH]2)c1)c1sccc1Cl. The molecular weight excluding hydrogens is 294 g/mol. The Morgan fingerprint density at radius 3 is 2.90 bits per heavy atom. The van der Waals surface area contributed by atoms with Crippen LogP contribution in [0.3, 0.4) is 0 Å². The van der Waals surface area contributed by atoms with Gasteiger partial charge >= 0.3 is 0 Å². The molecule has 0 bridgehead atoms. The van der Waals surface area contributed by atoms with Gasteiger partial charge in [-0.2, -0.15) is 5.10 Å². The van der Waals surface area contributed by atoms with Gasteiger partial charge in [0.1, 0.15) is 4.88 Å². The number of benzene rings is 1. The molecule has 0 saturated heterocycles. The number of halogens is 1. The minimum atomic E-state index is -0.202. The fraction of sp³-hybridized carbons (Fsp3) is 0. The minimum Gasteiger partial charge on any atom is -0.321 e. The highest BCUT2D eigenvalue weighted by Crippen LogP contribution is 2.25. The van der Waals surface area contributed by atoms with Crippen molar-refractivity contribution in [2.75, 3.05) is 5.32 Å². The van der Waals surface area contributed by atoms with Gasteiger partial charge in [-0.25, -0.2) is 0 Å². The maximum atomic E-state index is 12.1. The highest BCUT2D eigenvalue weighted by molar-refractivity contribution is 7.12. The summed E-state index contributed by atoms with van der Waals surface area (Å²) >= 11 is 7.27. The van der Waals surface area contributed by atoms with E-state index in [4.69, 9.17) is 11.6 Å². The third kappa shape index (κ3) is 2.59. The fourth-order valence-corrected chi connectivity index (χ4v) is 2.86. The normalized spacial score (nSPS) is 10.4. The number of rotatable bonds is 3. The first-order chi connectivity index (χ1) is 9.74. The Bertz CT molecular complexity index is 736. The molecule has 0 saturated carbocycles. The van der Waals surface area contributed by atoms with Crippen LogP contribution in [0.2, 0.25) is 5.02 Å². The van der Waals surface area contributed by atoms with Crippen LogP contribution in [-0.2, 0) is 0 Å². The molecule has 2 heterocycles. The van der Waals surface area contributed by atoms with Crippen LogP contribution in [0.5, 0.6) is 0 Å². The first-order valence-electron chi connectivity index (χ1n) is 5.88. The molecule has 0 radical (unpaired) electrons. The van der Waals surface area contributed by atoms with Crippen LogP contribution >= 0.6 is 22.9 Å². The summed E-state index contributed by atoms with van der Waals surface area (Å²) in [5, 5.41) is 11.9. The zero-order valence-electron chi connectivity index (χ0n) is 10.3. The molecule has 2 N–H and O–H groups in total. The van der Waals surface area contributed by atoms with Crippen molar-refractivity contribution in [3.8, 4) is 11.3 Å². The summed E-state index contributed by atoms with van der Waals surface area (Å²) < 4.78 is 0. The molecule has 4 nitrogen and oxygen atoms in total. The maximum absolute atomic E-state index is 12.1. The van der Waals surface area contributed by atoms with Crippen molar-refractivity contribution in [2.45, 2.75) is 0 Å². The number of carbonyl (C=O) groups excluding carboxylic acids is 1. The third-order valence-corrected chi connectivity index (χ3v) is 4.10. The van der Waals surface area contributed by atoms with Gasteiger partial charge in [-0.15, -0.1) is 11.3 Å². The summed E-state index contributed by atoms with van der Waals surface area (Å²) in [6, 6.07) is 11.1. The van der Waals surface area contributed by atoms with E-state index in [0.29, 0.717) is 15.6 Å². The number of thiophene rings is 1. The molecule has 0 aliphatic carbocycles. The summed E-state index contributed by atoms with van der Waals surface area (Å²) in [6.07, 6.45) is 1.69. The Morgan fingerprint density at radius 2 is 2.20 bits per heavy atom. The van der Waals surface area contributed by atoms with Crippen molar-refractivity contribution in [1.29, 1.82) is 0 Å². The largest absolute Gasteiger partial charge is 0.321 e. The van der Waals surface area contributed by atoms with Gasteiger partial charge in [0.2, 0.25) is 0 Å². The van der Waals surface area contributed by atoms with Gasteiger partial charge in [0.05, 0.1) is 10.7 Å². The summed E-state index contributed by atoms with van der Waals surface area (Å²) in [5.74, 6) is -0.202. The molecule has 0 aliphatic rings. The number of nitrogens with one attached hydrogen (secondary N) is 2. The lowest BCUT2D eigenvalue weighted by atomic mass is 10.1. The van der Waals surface area contributed by atoms with Crippen molar-refractivity contribution in [2.24, 2.45) is 0 Å². The quantitative estimate of drug-likeness (QED) is 0.767. The van der Waals surface area contributed by atoms with Gasteiger partial charge < -0.3 is 5.32 Å². The minimum absolute atomic E-state index is 0.202. The Kier molecular flexibility index (Phi) is 3.54.